The van der Waals surface area contributed by atoms with Gasteiger partial charge in [-0.25, -0.2) is 4.79 Å². The molecular weight excluding hydrogens is 581 g/mol. The first kappa shape index (κ1) is 28.0. The van der Waals surface area contributed by atoms with Gasteiger partial charge in [0.25, 0.3) is 5.56 Å². The van der Waals surface area contributed by atoms with Crippen molar-refractivity contribution >= 4 is 51.1 Å². The van der Waals surface area contributed by atoms with E-state index >= 15 is 0 Å². The van der Waals surface area contributed by atoms with Crippen LogP contribution in [0, 0.1) is 5.92 Å². The van der Waals surface area contributed by atoms with Crippen molar-refractivity contribution in [1.29, 1.82) is 0 Å². The smallest absolute Gasteiger partial charge is 0.410 e. The van der Waals surface area contributed by atoms with Gasteiger partial charge in [-0.3, -0.25) is 9.59 Å². The molecule has 7 nitrogen and oxygen atoms in total. The van der Waals surface area contributed by atoms with E-state index in [4.69, 9.17) is 27.9 Å². The third-order valence-corrected chi connectivity index (χ3v) is 8.12. The summed E-state index contributed by atoms with van der Waals surface area (Å²) < 4.78 is 7.90. The van der Waals surface area contributed by atoms with Crippen LogP contribution < -0.4 is 5.56 Å². The fourth-order valence-corrected chi connectivity index (χ4v) is 5.83. The van der Waals surface area contributed by atoms with Crippen molar-refractivity contribution in [2.75, 3.05) is 13.1 Å². The Morgan fingerprint density at radius 3 is 2.49 bits per heavy atom. The van der Waals surface area contributed by atoms with E-state index in [1.165, 1.54) is 4.57 Å². The van der Waals surface area contributed by atoms with Gasteiger partial charge in [0.15, 0.2) is 0 Å². The van der Waals surface area contributed by atoms with E-state index in [9.17, 15) is 14.4 Å². The average Bonchev–Trinajstić information content (AvgIpc) is 3.65. The number of nitrogens with zero attached hydrogens (tertiary/aromatic N) is 3. The van der Waals surface area contributed by atoms with E-state index in [1.54, 1.807) is 30.3 Å². The van der Waals surface area contributed by atoms with E-state index in [2.05, 4.69) is 15.9 Å². The number of ether oxygens (including phenoxy) is 1. The summed E-state index contributed by atoms with van der Waals surface area (Å²) in [6.07, 6.45) is 3.65. The van der Waals surface area contributed by atoms with E-state index < -0.39 is 17.6 Å². The summed E-state index contributed by atoms with van der Waals surface area (Å²) >= 11 is 16.3. The molecule has 2 aromatic rings. The number of carbonyl (C=O) groups is 2. The minimum Gasteiger partial charge on any atom is -0.444 e. The maximum absolute atomic E-state index is 14.2. The van der Waals surface area contributed by atoms with Crippen LogP contribution in [0.4, 0.5) is 4.79 Å². The van der Waals surface area contributed by atoms with Crippen LogP contribution in [0.3, 0.4) is 0 Å². The Balaban J connectivity index is 1.67. The number of piperidine rings is 1. The third kappa shape index (κ3) is 6.70. The number of carbonyl (C=O) groups excluding carboxylic acids is 2. The van der Waals surface area contributed by atoms with Crippen LogP contribution in [0.1, 0.15) is 57.1 Å². The second-order valence-corrected chi connectivity index (χ2v) is 12.6. The number of halogens is 3. The molecule has 2 atom stereocenters. The zero-order valence-electron chi connectivity index (χ0n) is 21.5. The molecule has 0 N–H and O–H groups in total. The quantitative estimate of drug-likeness (QED) is 0.389. The first-order valence-corrected chi connectivity index (χ1v) is 14.0. The molecule has 1 aliphatic heterocycles. The molecule has 2 aliphatic rings. The third-order valence-electron chi connectivity index (χ3n) is 6.82. The van der Waals surface area contributed by atoms with Crippen LogP contribution >= 0.6 is 39.1 Å². The lowest BCUT2D eigenvalue weighted by atomic mass is 9.79. The summed E-state index contributed by atoms with van der Waals surface area (Å²) in [5.74, 6) is -0.799. The van der Waals surface area contributed by atoms with Crippen molar-refractivity contribution < 1.29 is 14.3 Å². The van der Waals surface area contributed by atoms with Crippen LogP contribution in [0.15, 0.2) is 39.7 Å². The van der Waals surface area contributed by atoms with Gasteiger partial charge in [0, 0.05) is 49.5 Å². The van der Waals surface area contributed by atoms with Gasteiger partial charge in [-0.15, -0.1) is 0 Å². The fraction of sp³-hybridized carbons (Fsp3) is 0.519. The predicted octanol–water partition coefficient (Wildman–Crippen LogP) is 5.99. The Morgan fingerprint density at radius 1 is 1.16 bits per heavy atom. The fourth-order valence-electron chi connectivity index (χ4n) is 4.78. The summed E-state index contributed by atoms with van der Waals surface area (Å²) in [5.41, 5.74) is 0.791. The highest BCUT2D eigenvalue weighted by Gasteiger charge is 2.43. The minimum atomic E-state index is -0.643. The summed E-state index contributed by atoms with van der Waals surface area (Å²) in [6.45, 7) is 6.43. The number of aromatic nitrogens is 1. The molecule has 2 amide bonds. The SMILES string of the molecule is Cn1ccc([C@@H]2CCN(C(=O)OC(C)(C)C)C[C@H]2C(=O)N(Cc2cc(Br)cc(Cl)c2Cl)C2CC2)cc1=O. The molecule has 2 fully saturated rings. The van der Waals surface area contributed by atoms with Gasteiger partial charge in [0.2, 0.25) is 5.91 Å². The lowest BCUT2D eigenvalue weighted by Crippen LogP contribution is -2.51. The summed E-state index contributed by atoms with van der Waals surface area (Å²) in [5, 5.41) is 0.839. The standard InChI is InChI=1S/C27H32BrCl2N3O4/c1-27(2,3)37-26(36)32-10-8-20(16-7-9-31(4)23(34)12-16)21(15-32)25(35)33(19-5-6-19)14-17-11-18(28)13-22(29)24(17)30/h7,9,11-13,19-21H,5-6,8,10,14-15H2,1-4H3/t20-,21+/m0/s1. The zero-order valence-corrected chi connectivity index (χ0v) is 24.6. The zero-order chi connectivity index (χ0) is 27.1. The molecule has 1 aromatic carbocycles. The van der Waals surface area contributed by atoms with Gasteiger partial charge in [-0.1, -0.05) is 39.1 Å². The number of hydrogen-bond acceptors (Lipinski definition) is 4. The van der Waals surface area contributed by atoms with E-state index in [0.29, 0.717) is 29.6 Å². The Hall–Kier alpha value is -2.03. The maximum atomic E-state index is 14.2. The minimum absolute atomic E-state index is 0.0615. The van der Waals surface area contributed by atoms with Crippen LogP contribution in [0.5, 0.6) is 0 Å². The maximum Gasteiger partial charge on any atom is 0.410 e. The molecule has 1 aromatic heterocycles. The largest absolute Gasteiger partial charge is 0.444 e. The second kappa shape index (κ2) is 11.0. The Morgan fingerprint density at radius 2 is 1.86 bits per heavy atom. The Labute approximate surface area is 235 Å². The van der Waals surface area contributed by atoms with Crippen LogP contribution in [-0.2, 0) is 23.1 Å². The molecule has 2 heterocycles. The van der Waals surface area contributed by atoms with E-state index in [1.807, 2.05) is 37.8 Å². The number of amides is 2. The molecule has 0 bridgehead atoms. The van der Waals surface area contributed by atoms with Gasteiger partial charge >= 0.3 is 6.09 Å². The summed E-state index contributed by atoms with van der Waals surface area (Å²) in [6, 6.07) is 7.19. The van der Waals surface area contributed by atoms with Crippen LogP contribution in [0.2, 0.25) is 10.0 Å². The monoisotopic (exact) mass is 611 g/mol. The molecule has 1 saturated carbocycles. The number of rotatable bonds is 5. The molecule has 0 spiro atoms. The molecule has 37 heavy (non-hydrogen) atoms. The van der Waals surface area contributed by atoms with Crippen molar-refractivity contribution in [2.24, 2.45) is 13.0 Å². The Kier molecular flexibility index (Phi) is 8.31. The highest BCUT2D eigenvalue weighted by atomic mass is 79.9. The predicted molar refractivity (Wildman–Crippen MR) is 148 cm³/mol. The van der Waals surface area contributed by atoms with Crippen LogP contribution in [0.25, 0.3) is 0 Å². The van der Waals surface area contributed by atoms with Gasteiger partial charge in [-0.2, -0.15) is 0 Å². The number of likely N-dealkylation sites (tertiary alicyclic amines) is 1. The number of hydrogen-bond donors (Lipinski definition) is 0. The molecule has 4 rings (SSSR count). The highest BCUT2D eigenvalue weighted by molar-refractivity contribution is 9.10. The average molecular weight is 613 g/mol. The molecule has 0 radical (unpaired) electrons. The highest BCUT2D eigenvalue weighted by Crippen LogP contribution is 2.39. The van der Waals surface area contributed by atoms with Gasteiger partial charge in [0.05, 0.1) is 16.0 Å². The molecule has 1 aliphatic carbocycles. The van der Waals surface area contributed by atoms with Gasteiger partial charge < -0.3 is 19.1 Å². The van der Waals surface area contributed by atoms with E-state index in [-0.39, 0.29) is 30.0 Å². The summed E-state index contributed by atoms with van der Waals surface area (Å²) in [4.78, 5) is 43.1. The summed E-state index contributed by atoms with van der Waals surface area (Å²) in [7, 11) is 1.70. The van der Waals surface area contributed by atoms with Crippen molar-refractivity contribution in [3.63, 3.8) is 0 Å². The molecule has 10 heteroatoms. The number of pyridine rings is 1. The second-order valence-electron chi connectivity index (χ2n) is 10.9. The topological polar surface area (TPSA) is 71.8 Å². The number of benzene rings is 1. The normalized spacial score (nSPS) is 20.0. The van der Waals surface area contributed by atoms with Crippen molar-refractivity contribution in [3.8, 4) is 0 Å². The lowest BCUT2D eigenvalue weighted by Gasteiger charge is -2.40. The van der Waals surface area contributed by atoms with Gasteiger partial charge in [-0.05, 0) is 75.3 Å². The van der Waals surface area contributed by atoms with Crippen molar-refractivity contribution in [3.05, 3.63) is 66.5 Å². The Bertz CT molecular complexity index is 1260. The lowest BCUT2D eigenvalue weighted by molar-refractivity contribution is -0.139. The number of aryl methyl sites for hydroxylation is 1. The molecule has 1 saturated heterocycles. The van der Waals surface area contributed by atoms with Crippen molar-refractivity contribution in [2.45, 2.75) is 64.1 Å². The first-order chi connectivity index (χ1) is 17.3. The van der Waals surface area contributed by atoms with Gasteiger partial charge in [0.1, 0.15) is 5.60 Å². The van der Waals surface area contributed by atoms with Crippen molar-refractivity contribution in [1.82, 2.24) is 14.4 Å². The molecule has 0 unspecified atom stereocenters. The van der Waals surface area contributed by atoms with Crippen LogP contribution in [-0.4, -0.2) is 51.1 Å². The first-order valence-electron chi connectivity index (χ1n) is 12.4. The molecular formula is C27H32BrCl2N3O4. The van der Waals surface area contributed by atoms with E-state index in [0.717, 1.165) is 28.4 Å². The molecule has 200 valence electrons.